The number of hydrogen-bond donors (Lipinski definition) is 1. The lowest BCUT2D eigenvalue weighted by Gasteiger charge is -2.31. The van der Waals surface area contributed by atoms with Crippen LogP contribution in [0.5, 0.6) is 5.75 Å². The molecule has 0 bridgehead atoms. The van der Waals surface area contributed by atoms with E-state index in [9.17, 15) is 0 Å². The summed E-state index contributed by atoms with van der Waals surface area (Å²) in [5.74, 6) is 0.759. The second-order valence-electron chi connectivity index (χ2n) is 4.71. The lowest BCUT2D eigenvalue weighted by atomic mass is 9.79. The fourth-order valence-electron chi connectivity index (χ4n) is 1.53. The zero-order chi connectivity index (χ0) is 12.3. The van der Waals surface area contributed by atoms with Gasteiger partial charge in [-0.2, -0.15) is 0 Å². The SMILES string of the molecule is CCC(C)(C)C(N)c1ccc(OC)cc1Cl. The van der Waals surface area contributed by atoms with Crippen molar-refractivity contribution in [2.24, 2.45) is 11.1 Å². The molecular formula is C13H20ClNO. The van der Waals surface area contributed by atoms with Gasteiger partial charge in [-0.15, -0.1) is 0 Å². The number of ether oxygens (including phenoxy) is 1. The summed E-state index contributed by atoms with van der Waals surface area (Å²) in [6.07, 6.45) is 1.01. The molecule has 0 amide bonds. The van der Waals surface area contributed by atoms with Gasteiger partial charge in [-0.3, -0.25) is 0 Å². The van der Waals surface area contributed by atoms with Crippen LogP contribution in [0.3, 0.4) is 0 Å². The van der Waals surface area contributed by atoms with E-state index in [1.54, 1.807) is 7.11 Å². The molecule has 1 atom stereocenters. The molecule has 0 radical (unpaired) electrons. The van der Waals surface area contributed by atoms with E-state index in [1.165, 1.54) is 0 Å². The number of rotatable bonds is 4. The maximum Gasteiger partial charge on any atom is 0.120 e. The number of benzene rings is 1. The van der Waals surface area contributed by atoms with Gasteiger partial charge >= 0.3 is 0 Å². The van der Waals surface area contributed by atoms with Gasteiger partial charge in [-0.1, -0.05) is 38.4 Å². The molecule has 0 saturated heterocycles. The minimum absolute atomic E-state index is 0.0399. The zero-order valence-electron chi connectivity index (χ0n) is 10.4. The van der Waals surface area contributed by atoms with Crippen LogP contribution < -0.4 is 10.5 Å². The normalized spacial score (nSPS) is 13.6. The highest BCUT2D eigenvalue weighted by molar-refractivity contribution is 6.31. The minimum Gasteiger partial charge on any atom is -0.497 e. The summed E-state index contributed by atoms with van der Waals surface area (Å²) in [6, 6.07) is 5.59. The van der Waals surface area contributed by atoms with Crippen molar-refractivity contribution in [3.63, 3.8) is 0 Å². The topological polar surface area (TPSA) is 35.2 Å². The molecule has 0 aliphatic heterocycles. The van der Waals surface area contributed by atoms with Crippen molar-refractivity contribution >= 4 is 11.6 Å². The molecule has 1 aromatic carbocycles. The third-order valence-corrected chi connectivity index (χ3v) is 3.62. The van der Waals surface area contributed by atoms with Gasteiger partial charge in [0.2, 0.25) is 0 Å². The third kappa shape index (κ3) is 2.69. The fourth-order valence-corrected chi connectivity index (χ4v) is 1.82. The van der Waals surface area contributed by atoms with Gasteiger partial charge in [0.1, 0.15) is 5.75 Å². The van der Waals surface area contributed by atoms with Crippen LogP contribution in [0.4, 0.5) is 0 Å². The van der Waals surface area contributed by atoms with Crippen molar-refractivity contribution in [2.45, 2.75) is 33.2 Å². The summed E-state index contributed by atoms with van der Waals surface area (Å²) in [7, 11) is 1.63. The molecule has 1 aromatic rings. The highest BCUT2D eigenvalue weighted by Crippen LogP contribution is 2.38. The Morgan fingerprint density at radius 1 is 1.44 bits per heavy atom. The number of hydrogen-bond acceptors (Lipinski definition) is 2. The molecule has 16 heavy (non-hydrogen) atoms. The molecular weight excluding hydrogens is 222 g/mol. The molecule has 0 fully saturated rings. The fraction of sp³-hybridized carbons (Fsp3) is 0.538. The standard InChI is InChI=1S/C13H20ClNO/c1-5-13(2,3)12(15)10-7-6-9(16-4)8-11(10)14/h6-8,12H,5,15H2,1-4H3. The summed E-state index contributed by atoms with van der Waals surface area (Å²) >= 11 is 6.21. The van der Waals surface area contributed by atoms with Crippen molar-refractivity contribution < 1.29 is 4.74 Å². The van der Waals surface area contributed by atoms with Crippen LogP contribution >= 0.6 is 11.6 Å². The summed E-state index contributed by atoms with van der Waals surface area (Å²) < 4.78 is 5.12. The van der Waals surface area contributed by atoms with Gasteiger partial charge in [-0.25, -0.2) is 0 Å². The second-order valence-corrected chi connectivity index (χ2v) is 5.11. The van der Waals surface area contributed by atoms with E-state index in [-0.39, 0.29) is 11.5 Å². The first-order valence-corrected chi connectivity index (χ1v) is 5.89. The zero-order valence-corrected chi connectivity index (χ0v) is 11.1. The van der Waals surface area contributed by atoms with Crippen LogP contribution in [0.25, 0.3) is 0 Å². The van der Waals surface area contributed by atoms with E-state index in [1.807, 2.05) is 18.2 Å². The molecule has 0 aliphatic carbocycles. The summed E-state index contributed by atoms with van der Waals surface area (Å²) in [5, 5.41) is 0.674. The molecule has 0 heterocycles. The Labute approximate surface area is 103 Å². The molecule has 3 heteroatoms. The van der Waals surface area contributed by atoms with Gasteiger partial charge < -0.3 is 10.5 Å². The Kier molecular flexibility index (Phi) is 4.22. The van der Waals surface area contributed by atoms with Crippen molar-refractivity contribution in [3.05, 3.63) is 28.8 Å². The lowest BCUT2D eigenvalue weighted by molar-refractivity contribution is 0.278. The Bertz CT molecular complexity index is 363. The lowest BCUT2D eigenvalue weighted by Crippen LogP contribution is -2.28. The van der Waals surface area contributed by atoms with E-state index >= 15 is 0 Å². The van der Waals surface area contributed by atoms with E-state index in [2.05, 4.69) is 20.8 Å². The first kappa shape index (κ1) is 13.3. The van der Waals surface area contributed by atoms with Crippen molar-refractivity contribution in [1.82, 2.24) is 0 Å². The van der Waals surface area contributed by atoms with E-state index < -0.39 is 0 Å². The van der Waals surface area contributed by atoms with Crippen LogP contribution in [0.2, 0.25) is 5.02 Å². The van der Waals surface area contributed by atoms with Crippen molar-refractivity contribution in [3.8, 4) is 5.75 Å². The van der Waals surface area contributed by atoms with Gasteiger partial charge in [0, 0.05) is 11.1 Å². The third-order valence-electron chi connectivity index (χ3n) is 3.30. The molecule has 2 N–H and O–H groups in total. The quantitative estimate of drug-likeness (QED) is 0.871. The molecule has 0 saturated carbocycles. The molecule has 1 rings (SSSR count). The van der Waals surface area contributed by atoms with Crippen LogP contribution in [-0.4, -0.2) is 7.11 Å². The molecule has 0 aromatic heterocycles. The molecule has 0 aliphatic rings. The summed E-state index contributed by atoms with van der Waals surface area (Å²) in [6.45, 7) is 6.44. The van der Waals surface area contributed by atoms with Crippen LogP contribution in [0, 0.1) is 5.41 Å². The molecule has 90 valence electrons. The molecule has 1 unspecified atom stereocenters. The van der Waals surface area contributed by atoms with Gasteiger partial charge in [0.25, 0.3) is 0 Å². The second kappa shape index (κ2) is 5.07. The van der Waals surface area contributed by atoms with E-state index in [0.717, 1.165) is 17.7 Å². The van der Waals surface area contributed by atoms with Crippen molar-refractivity contribution in [1.29, 1.82) is 0 Å². The van der Waals surface area contributed by atoms with Gasteiger partial charge in [0.15, 0.2) is 0 Å². The smallest absolute Gasteiger partial charge is 0.120 e. The Morgan fingerprint density at radius 3 is 2.50 bits per heavy atom. The predicted molar refractivity (Wildman–Crippen MR) is 69.0 cm³/mol. The van der Waals surface area contributed by atoms with Gasteiger partial charge in [-0.05, 0) is 29.5 Å². The minimum atomic E-state index is -0.0593. The monoisotopic (exact) mass is 241 g/mol. The molecule has 0 spiro atoms. The van der Waals surface area contributed by atoms with Crippen molar-refractivity contribution in [2.75, 3.05) is 7.11 Å². The highest BCUT2D eigenvalue weighted by atomic mass is 35.5. The average molecular weight is 242 g/mol. The van der Waals surface area contributed by atoms with Crippen LogP contribution in [0.15, 0.2) is 18.2 Å². The van der Waals surface area contributed by atoms with Gasteiger partial charge in [0.05, 0.1) is 7.11 Å². The Hall–Kier alpha value is -0.730. The first-order chi connectivity index (χ1) is 7.42. The summed E-state index contributed by atoms with van der Waals surface area (Å²) in [5.41, 5.74) is 7.27. The largest absolute Gasteiger partial charge is 0.497 e. The average Bonchev–Trinajstić information content (AvgIpc) is 2.28. The van der Waals surface area contributed by atoms with Crippen LogP contribution in [0.1, 0.15) is 38.8 Å². The van der Waals surface area contributed by atoms with Crippen LogP contribution in [-0.2, 0) is 0 Å². The Balaban J connectivity index is 3.05. The maximum absolute atomic E-state index is 6.25. The molecule has 2 nitrogen and oxygen atoms in total. The maximum atomic E-state index is 6.25. The number of nitrogens with two attached hydrogens (primary N) is 1. The first-order valence-electron chi connectivity index (χ1n) is 5.51. The van der Waals surface area contributed by atoms with E-state index in [0.29, 0.717) is 5.02 Å². The summed E-state index contributed by atoms with van der Waals surface area (Å²) in [4.78, 5) is 0. The number of methoxy groups -OCH3 is 1. The number of halogens is 1. The Morgan fingerprint density at radius 2 is 2.06 bits per heavy atom. The predicted octanol–water partition coefficient (Wildman–Crippen LogP) is 3.78. The highest BCUT2D eigenvalue weighted by Gasteiger charge is 2.27. The van der Waals surface area contributed by atoms with E-state index in [4.69, 9.17) is 22.1 Å².